The lowest BCUT2D eigenvalue weighted by Gasteiger charge is -2.12. The molecular weight excluding hydrogens is 410 g/mol. The number of nitrogens with one attached hydrogen (secondary N) is 1. The lowest BCUT2D eigenvalue weighted by atomic mass is 10.1. The van der Waals surface area contributed by atoms with Crippen molar-refractivity contribution in [3.8, 4) is 11.5 Å². The number of anilines is 1. The zero-order chi connectivity index (χ0) is 19.0. The van der Waals surface area contributed by atoms with Crippen molar-refractivity contribution >= 4 is 38.0 Å². The van der Waals surface area contributed by atoms with Gasteiger partial charge in [0.05, 0.1) is 24.5 Å². The van der Waals surface area contributed by atoms with Crippen molar-refractivity contribution in [1.82, 2.24) is 10.1 Å². The molecule has 1 N–H and O–H groups in total. The van der Waals surface area contributed by atoms with Crippen LogP contribution in [0.3, 0.4) is 0 Å². The third kappa shape index (κ3) is 4.01. The van der Waals surface area contributed by atoms with Crippen LogP contribution < -0.4 is 4.72 Å². The van der Waals surface area contributed by atoms with Crippen molar-refractivity contribution in [3.05, 3.63) is 51.1 Å². The standard InChI is InChI=1S/C17H16ClN3O4S2/c1-10-19-16(25-20-10)15-13-5-6-24-8-14(13)26-17(15)21-27(22,23)9-11-3-2-4-12(18)7-11/h2-4,7,21H,5-6,8-9H2,1H3. The first-order chi connectivity index (χ1) is 12.9. The molecule has 1 aliphatic heterocycles. The fraction of sp³-hybridized carbons (Fsp3) is 0.294. The van der Waals surface area contributed by atoms with Crippen molar-refractivity contribution in [1.29, 1.82) is 0 Å². The van der Waals surface area contributed by atoms with Crippen LogP contribution >= 0.6 is 22.9 Å². The van der Waals surface area contributed by atoms with Gasteiger partial charge in [-0.05, 0) is 36.6 Å². The van der Waals surface area contributed by atoms with Crippen molar-refractivity contribution in [2.75, 3.05) is 11.3 Å². The molecule has 142 valence electrons. The monoisotopic (exact) mass is 425 g/mol. The highest BCUT2D eigenvalue weighted by Gasteiger charge is 2.28. The first-order valence-electron chi connectivity index (χ1n) is 8.19. The van der Waals surface area contributed by atoms with Gasteiger partial charge in [-0.1, -0.05) is 28.9 Å². The van der Waals surface area contributed by atoms with E-state index in [2.05, 4.69) is 14.9 Å². The fourth-order valence-electron chi connectivity index (χ4n) is 2.95. The molecule has 0 aliphatic carbocycles. The highest BCUT2D eigenvalue weighted by Crippen LogP contribution is 2.43. The minimum atomic E-state index is -3.66. The highest BCUT2D eigenvalue weighted by molar-refractivity contribution is 7.92. The Kier molecular flexibility index (Phi) is 4.94. The number of benzene rings is 1. The molecule has 3 aromatic rings. The summed E-state index contributed by atoms with van der Waals surface area (Å²) in [4.78, 5) is 5.25. The maximum atomic E-state index is 12.7. The molecule has 0 radical (unpaired) electrons. The largest absolute Gasteiger partial charge is 0.376 e. The van der Waals surface area contributed by atoms with E-state index in [-0.39, 0.29) is 5.75 Å². The van der Waals surface area contributed by atoms with Gasteiger partial charge in [-0.25, -0.2) is 8.42 Å². The molecule has 0 spiro atoms. The molecule has 0 fully saturated rings. The summed E-state index contributed by atoms with van der Waals surface area (Å²) in [7, 11) is -3.66. The summed E-state index contributed by atoms with van der Waals surface area (Å²) in [5.74, 6) is 0.617. The number of thiophene rings is 1. The Bertz CT molecular complexity index is 1090. The molecule has 0 unspecified atom stereocenters. The number of rotatable bonds is 5. The SMILES string of the molecule is Cc1noc(-c2c(NS(=O)(=O)Cc3cccc(Cl)c3)sc3c2CCOC3)n1. The van der Waals surface area contributed by atoms with Crippen LogP contribution in [-0.2, 0) is 33.5 Å². The number of aromatic nitrogens is 2. The first kappa shape index (κ1) is 18.4. The van der Waals surface area contributed by atoms with E-state index in [9.17, 15) is 8.42 Å². The molecule has 3 heterocycles. The van der Waals surface area contributed by atoms with Gasteiger partial charge in [-0.15, -0.1) is 11.3 Å². The van der Waals surface area contributed by atoms with Crippen molar-refractivity contribution in [3.63, 3.8) is 0 Å². The Morgan fingerprint density at radius 1 is 1.37 bits per heavy atom. The number of sulfonamides is 1. The van der Waals surface area contributed by atoms with Crippen molar-refractivity contribution in [2.24, 2.45) is 0 Å². The normalized spacial score (nSPS) is 14.1. The van der Waals surface area contributed by atoms with E-state index in [1.165, 1.54) is 11.3 Å². The van der Waals surface area contributed by atoms with Crippen LogP contribution in [0.4, 0.5) is 5.00 Å². The van der Waals surface area contributed by atoms with Gasteiger partial charge in [0, 0.05) is 9.90 Å². The van der Waals surface area contributed by atoms with E-state index in [4.69, 9.17) is 20.9 Å². The minimum absolute atomic E-state index is 0.186. The molecule has 27 heavy (non-hydrogen) atoms. The average Bonchev–Trinajstić information content (AvgIpc) is 3.16. The Balaban J connectivity index is 1.70. The van der Waals surface area contributed by atoms with Gasteiger partial charge in [0.1, 0.15) is 5.00 Å². The summed E-state index contributed by atoms with van der Waals surface area (Å²) in [6.07, 6.45) is 0.665. The average molecular weight is 426 g/mol. The molecule has 1 aliphatic rings. The number of hydrogen-bond acceptors (Lipinski definition) is 7. The molecule has 2 aromatic heterocycles. The van der Waals surface area contributed by atoms with Crippen molar-refractivity contribution in [2.45, 2.75) is 25.7 Å². The van der Waals surface area contributed by atoms with Gasteiger partial charge in [-0.3, -0.25) is 4.72 Å². The molecule has 0 saturated carbocycles. The zero-order valence-corrected chi connectivity index (χ0v) is 16.7. The molecule has 10 heteroatoms. The zero-order valence-electron chi connectivity index (χ0n) is 14.4. The van der Waals surface area contributed by atoms with E-state index >= 15 is 0 Å². The first-order valence-corrected chi connectivity index (χ1v) is 11.0. The van der Waals surface area contributed by atoms with Crippen molar-refractivity contribution < 1.29 is 17.7 Å². The molecule has 0 saturated heterocycles. The highest BCUT2D eigenvalue weighted by atomic mass is 35.5. The van der Waals surface area contributed by atoms with Crippen LogP contribution in [0.2, 0.25) is 5.02 Å². The Labute approximate surface area is 165 Å². The number of fused-ring (bicyclic) bond motifs is 1. The Morgan fingerprint density at radius 2 is 2.22 bits per heavy atom. The molecule has 4 rings (SSSR count). The lowest BCUT2D eigenvalue weighted by Crippen LogP contribution is -2.15. The van der Waals surface area contributed by atoms with Gasteiger partial charge in [0.25, 0.3) is 5.89 Å². The number of hydrogen-bond donors (Lipinski definition) is 1. The predicted octanol–water partition coefficient (Wildman–Crippen LogP) is 3.77. The number of ether oxygens (including phenoxy) is 1. The fourth-order valence-corrected chi connectivity index (χ4v) is 5.82. The van der Waals surface area contributed by atoms with Crippen LogP contribution in [0, 0.1) is 6.92 Å². The lowest BCUT2D eigenvalue weighted by molar-refractivity contribution is 0.113. The maximum absolute atomic E-state index is 12.7. The molecule has 1 aromatic carbocycles. The molecule has 0 bridgehead atoms. The summed E-state index contributed by atoms with van der Waals surface area (Å²) in [5.41, 5.74) is 2.25. The van der Waals surface area contributed by atoms with Gasteiger partial charge < -0.3 is 9.26 Å². The van der Waals surface area contributed by atoms with Gasteiger partial charge in [0.15, 0.2) is 5.82 Å². The molecule has 0 atom stereocenters. The topological polar surface area (TPSA) is 94.3 Å². The van der Waals surface area contributed by atoms with Gasteiger partial charge in [0.2, 0.25) is 10.0 Å². The predicted molar refractivity (Wildman–Crippen MR) is 103 cm³/mol. The van der Waals surface area contributed by atoms with E-state index < -0.39 is 10.0 Å². The van der Waals surface area contributed by atoms with Crippen LogP contribution in [0.15, 0.2) is 28.8 Å². The maximum Gasteiger partial charge on any atom is 0.261 e. The molecule has 0 amide bonds. The van der Waals surface area contributed by atoms with Crippen LogP contribution in [-0.4, -0.2) is 25.2 Å². The molecule has 7 nitrogen and oxygen atoms in total. The summed E-state index contributed by atoms with van der Waals surface area (Å²) in [6.45, 7) is 2.73. The summed E-state index contributed by atoms with van der Waals surface area (Å²) < 4.78 is 39.0. The minimum Gasteiger partial charge on any atom is -0.376 e. The summed E-state index contributed by atoms with van der Waals surface area (Å²) >= 11 is 7.29. The van der Waals surface area contributed by atoms with Crippen LogP contribution in [0.25, 0.3) is 11.5 Å². The second-order valence-corrected chi connectivity index (χ2v) is 9.41. The van der Waals surface area contributed by atoms with Crippen LogP contribution in [0.1, 0.15) is 21.8 Å². The Morgan fingerprint density at radius 3 is 2.96 bits per heavy atom. The number of aryl methyl sites for hydroxylation is 1. The van der Waals surface area contributed by atoms with Gasteiger partial charge in [-0.2, -0.15) is 4.98 Å². The summed E-state index contributed by atoms with van der Waals surface area (Å²) in [6, 6.07) is 6.78. The Hall–Kier alpha value is -1.94. The summed E-state index contributed by atoms with van der Waals surface area (Å²) in [5, 5.41) is 4.79. The van der Waals surface area contributed by atoms with Crippen LogP contribution in [0.5, 0.6) is 0 Å². The number of halogens is 1. The van der Waals surface area contributed by atoms with E-state index in [1.54, 1.807) is 31.2 Å². The third-order valence-corrected chi connectivity index (χ3v) is 6.77. The second kappa shape index (κ2) is 7.23. The van der Waals surface area contributed by atoms with E-state index in [0.717, 1.165) is 10.4 Å². The smallest absolute Gasteiger partial charge is 0.261 e. The second-order valence-electron chi connectivity index (χ2n) is 6.15. The number of nitrogens with zero attached hydrogens (tertiary/aromatic N) is 2. The van der Waals surface area contributed by atoms with E-state index in [1.807, 2.05) is 0 Å². The third-order valence-electron chi connectivity index (χ3n) is 4.06. The van der Waals surface area contributed by atoms with E-state index in [0.29, 0.717) is 52.5 Å². The quantitative estimate of drug-likeness (QED) is 0.668. The molecular formula is C17H16ClN3O4S2. The van der Waals surface area contributed by atoms with Gasteiger partial charge >= 0.3 is 0 Å².